The van der Waals surface area contributed by atoms with Crippen LogP contribution in [0.4, 0.5) is 11.4 Å². The number of hydrogen-bond acceptors (Lipinski definition) is 3. The van der Waals surface area contributed by atoms with Crippen molar-refractivity contribution in [1.29, 1.82) is 0 Å². The quantitative estimate of drug-likeness (QED) is 0.394. The van der Waals surface area contributed by atoms with Gasteiger partial charge in [0.2, 0.25) is 5.91 Å². The molecule has 0 aromatic heterocycles. The number of guanidine groups is 1. The summed E-state index contributed by atoms with van der Waals surface area (Å²) in [5.74, 6) is 2.96. The summed E-state index contributed by atoms with van der Waals surface area (Å²) in [6, 6.07) is 15.8. The minimum atomic E-state index is -0.171. The van der Waals surface area contributed by atoms with Gasteiger partial charge in [0.05, 0.1) is 12.6 Å². The number of hydrogen-bond donors (Lipinski definition) is 3. The lowest BCUT2D eigenvalue weighted by Gasteiger charge is -2.22. The van der Waals surface area contributed by atoms with Gasteiger partial charge in [-0.1, -0.05) is 24.1 Å². The Labute approximate surface area is 178 Å². The molecule has 156 valence electrons. The van der Waals surface area contributed by atoms with E-state index in [1.807, 2.05) is 12.1 Å². The van der Waals surface area contributed by atoms with Gasteiger partial charge in [0.1, 0.15) is 0 Å². The van der Waals surface area contributed by atoms with E-state index >= 15 is 0 Å². The molecule has 0 bridgehead atoms. The van der Waals surface area contributed by atoms with E-state index in [0.717, 1.165) is 18.7 Å². The fraction of sp³-hybridized carbons (Fsp3) is 0.333. The molecule has 1 atom stereocenters. The second-order valence-electron chi connectivity index (χ2n) is 7.35. The van der Waals surface area contributed by atoms with Crippen molar-refractivity contribution in [2.24, 2.45) is 4.99 Å². The number of nitrogens with zero attached hydrogens (tertiary/aromatic N) is 2. The van der Waals surface area contributed by atoms with Gasteiger partial charge in [0.25, 0.3) is 0 Å². The molecular formula is C24H29N5O. The Hall–Kier alpha value is -3.46. The Morgan fingerprint density at radius 2 is 1.97 bits per heavy atom. The monoisotopic (exact) mass is 403 g/mol. The number of carbonyl (C=O) groups is 1. The van der Waals surface area contributed by atoms with E-state index in [4.69, 9.17) is 6.42 Å². The summed E-state index contributed by atoms with van der Waals surface area (Å²) in [5.41, 5.74) is 3.84. The van der Waals surface area contributed by atoms with Crippen molar-refractivity contribution in [3.05, 3.63) is 59.7 Å². The molecule has 0 spiro atoms. The standard InChI is InChI=1S/C24H29N5O/c1-4-19-9-7-11-21(15-19)28-23(30)17-26-24(25-3)27-18(2)20-10-8-12-22(16-20)29-13-5-6-14-29/h1,7-12,15-16,18H,5-6,13-14,17H2,2-3H3,(H,28,30)(H2,25,26,27). The summed E-state index contributed by atoms with van der Waals surface area (Å²) in [4.78, 5) is 18.9. The van der Waals surface area contributed by atoms with Crippen LogP contribution in [0.25, 0.3) is 0 Å². The fourth-order valence-electron chi connectivity index (χ4n) is 3.51. The Kier molecular flexibility index (Phi) is 7.34. The van der Waals surface area contributed by atoms with Gasteiger partial charge in [-0.15, -0.1) is 6.42 Å². The largest absolute Gasteiger partial charge is 0.372 e. The van der Waals surface area contributed by atoms with Crippen LogP contribution in [0.3, 0.4) is 0 Å². The van der Waals surface area contributed by atoms with Crippen LogP contribution in [0.5, 0.6) is 0 Å². The highest BCUT2D eigenvalue weighted by Crippen LogP contribution is 2.23. The maximum absolute atomic E-state index is 12.3. The first-order valence-electron chi connectivity index (χ1n) is 10.3. The smallest absolute Gasteiger partial charge is 0.243 e. The van der Waals surface area contributed by atoms with Gasteiger partial charge >= 0.3 is 0 Å². The highest BCUT2D eigenvalue weighted by Gasteiger charge is 2.15. The Bertz CT molecular complexity index is 941. The molecule has 1 unspecified atom stereocenters. The SMILES string of the molecule is C#Cc1cccc(NC(=O)CNC(=NC)NC(C)c2cccc(N3CCCC3)c2)c1. The van der Waals surface area contributed by atoms with Gasteiger partial charge in [-0.25, -0.2) is 0 Å². The van der Waals surface area contributed by atoms with E-state index in [-0.39, 0.29) is 18.5 Å². The molecule has 6 nitrogen and oxygen atoms in total. The van der Waals surface area contributed by atoms with Crippen molar-refractivity contribution in [2.75, 3.05) is 36.9 Å². The van der Waals surface area contributed by atoms with Crippen molar-refractivity contribution in [3.63, 3.8) is 0 Å². The van der Waals surface area contributed by atoms with E-state index in [1.54, 1.807) is 19.2 Å². The van der Waals surface area contributed by atoms with Crippen LogP contribution in [0, 0.1) is 12.3 Å². The zero-order valence-corrected chi connectivity index (χ0v) is 17.6. The van der Waals surface area contributed by atoms with Crippen LogP contribution in [-0.2, 0) is 4.79 Å². The van der Waals surface area contributed by atoms with Crippen LogP contribution in [0.15, 0.2) is 53.5 Å². The van der Waals surface area contributed by atoms with E-state index in [1.165, 1.54) is 24.1 Å². The van der Waals surface area contributed by atoms with Crippen LogP contribution >= 0.6 is 0 Å². The summed E-state index contributed by atoms with van der Waals surface area (Å²) in [6.45, 7) is 4.42. The minimum absolute atomic E-state index is 0.0501. The van der Waals surface area contributed by atoms with E-state index in [9.17, 15) is 4.79 Å². The van der Waals surface area contributed by atoms with Crippen molar-refractivity contribution >= 4 is 23.2 Å². The third-order valence-corrected chi connectivity index (χ3v) is 5.15. The Balaban J connectivity index is 1.53. The predicted molar refractivity (Wildman–Crippen MR) is 124 cm³/mol. The molecule has 1 aliphatic heterocycles. The topological polar surface area (TPSA) is 68.8 Å². The summed E-state index contributed by atoms with van der Waals surface area (Å²) < 4.78 is 0. The highest BCUT2D eigenvalue weighted by molar-refractivity contribution is 5.95. The maximum atomic E-state index is 12.3. The lowest BCUT2D eigenvalue weighted by atomic mass is 10.1. The third-order valence-electron chi connectivity index (χ3n) is 5.15. The predicted octanol–water partition coefficient (Wildman–Crippen LogP) is 3.13. The molecule has 1 saturated heterocycles. The molecule has 30 heavy (non-hydrogen) atoms. The van der Waals surface area contributed by atoms with Gasteiger partial charge in [0, 0.05) is 37.1 Å². The van der Waals surface area contributed by atoms with Crippen LogP contribution in [0.2, 0.25) is 0 Å². The second-order valence-corrected chi connectivity index (χ2v) is 7.35. The number of benzene rings is 2. The first kappa shape index (κ1) is 21.3. The number of terminal acetylenes is 1. The van der Waals surface area contributed by atoms with Gasteiger partial charge in [-0.2, -0.15) is 0 Å². The summed E-state index contributed by atoms with van der Waals surface area (Å²) >= 11 is 0. The molecule has 1 amide bonds. The second kappa shape index (κ2) is 10.4. The van der Waals surface area contributed by atoms with Gasteiger partial charge in [0.15, 0.2) is 5.96 Å². The van der Waals surface area contributed by atoms with E-state index in [2.05, 4.69) is 63.0 Å². The number of anilines is 2. The number of amides is 1. The molecule has 1 aliphatic rings. The van der Waals surface area contributed by atoms with Gasteiger partial charge < -0.3 is 20.9 Å². The molecule has 1 fully saturated rings. The van der Waals surface area contributed by atoms with Crippen LogP contribution in [0.1, 0.15) is 36.9 Å². The van der Waals surface area contributed by atoms with Crippen molar-refractivity contribution in [2.45, 2.75) is 25.8 Å². The number of nitrogens with one attached hydrogen (secondary N) is 3. The molecule has 2 aromatic rings. The maximum Gasteiger partial charge on any atom is 0.243 e. The normalized spacial score (nSPS) is 14.7. The Morgan fingerprint density at radius 1 is 1.20 bits per heavy atom. The molecule has 0 saturated carbocycles. The third kappa shape index (κ3) is 5.77. The molecule has 3 N–H and O–H groups in total. The summed E-state index contributed by atoms with van der Waals surface area (Å²) in [5, 5.41) is 9.25. The molecule has 1 heterocycles. The van der Waals surface area contributed by atoms with Crippen LogP contribution in [-0.4, -0.2) is 38.5 Å². The summed E-state index contributed by atoms with van der Waals surface area (Å²) in [6.07, 6.45) is 7.91. The molecule has 6 heteroatoms. The molecule has 0 radical (unpaired) electrons. The fourth-order valence-corrected chi connectivity index (χ4v) is 3.51. The lowest BCUT2D eigenvalue weighted by Crippen LogP contribution is -2.42. The van der Waals surface area contributed by atoms with Gasteiger partial charge in [-0.3, -0.25) is 9.79 Å². The summed E-state index contributed by atoms with van der Waals surface area (Å²) in [7, 11) is 1.69. The number of rotatable bonds is 6. The highest BCUT2D eigenvalue weighted by atomic mass is 16.1. The molecule has 2 aromatic carbocycles. The lowest BCUT2D eigenvalue weighted by molar-refractivity contribution is -0.115. The first-order chi connectivity index (χ1) is 14.6. The zero-order chi connectivity index (χ0) is 21.3. The number of carbonyl (C=O) groups excluding carboxylic acids is 1. The van der Waals surface area contributed by atoms with Crippen molar-refractivity contribution in [3.8, 4) is 12.3 Å². The van der Waals surface area contributed by atoms with Crippen LogP contribution < -0.4 is 20.9 Å². The van der Waals surface area contributed by atoms with Gasteiger partial charge in [-0.05, 0) is 55.7 Å². The van der Waals surface area contributed by atoms with E-state index < -0.39 is 0 Å². The van der Waals surface area contributed by atoms with E-state index in [0.29, 0.717) is 11.6 Å². The average Bonchev–Trinajstić information content (AvgIpc) is 3.31. The van der Waals surface area contributed by atoms with Crippen molar-refractivity contribution in [1.82, 2.24) is 10.6 Å². The molecular weight excluding hydrogens is 374 g/mol. The average molecular weight is 404 g/mol. The molecule has 0 aliphatic carbocycles. The zero-order valence-electron chi connectivity index (χ0n) is 17.6. The minimum Gasteiger partial charge on any atom is -0.372 e. The number of aliphatic imine (C=N–C) groups is 1. The molecule has 3 rings (SSSR count). The Morgan fingerprint density at radius 3 is 2.70 bits per heavy atom. The first-order valence-corrected chi connectivity index (χ1v) is 10.3. The van der Waals surface area contributed by atoms with Crippen molar-refractivity contribution < 1.29 is 4.79 Å².